The molecule has 0 saturated heterocycles. The van der Waals surface area contributed by atoms with E-state index in [0.717, 1.165) is 11.6 Å². The second kappa shape index (κ2) is 2.27. The summed E-state index contributed by atoms with van der Waals surface area (Å²) in [5, 5.41) is 0. The van der Waals surface area contributed by atoms with Gasteiger partial charge >= 0.3 is 5.82 Å². The summed E-state index contributed by atoms with van der Waals surface area (Å²) in [6.45, 7) is 0. The monoisotopic (exact) mass is 149 g/mol. The van der Waals surface area contributed by atoms with Gasteiger partial charge in [0.1, 0.15) is 12.4 Å². The number of aryl methyl sites for hydroxylation is 1. The third-order valence-corrected chi connectivity index (χ3v) is 1.63. The maximum Gasteiger partial charge on any atom is 0.322 e. The second-order valence-corrected chi connectivity index (χ2v) is 2.40. The highest BCUT2D eigenvalue weighted by Crippen LogP contribution is 2.11. The van der Waals surface area contributed by atoms with Crippen molar-refractivity contribution >= 4 is 0 Å². The highest BCUT2D eigenvalue weighted by molar-refractivity contribution is 5.41. The van der Waals surface area contributed by atoms with Crippen molar-refractivity contribution in [1.29, 1.82) is 0 Å². The lowest BCUT2D eigenvalue weighted by molar-refractivity contribution is -0.659. The lowest BCUT2D eigenvalue weighted by Crippen LogP contribution is -2.27. The average molecular weight is 149 g/mol. The number of hydrogen-bond acceptors (Lipinski definition) is 1. The Bertz CT molecular complexity index is 335. The summed E-state index contributed by atoms with van der Waals surface area (Å²) in [6, 6.07) is 3.79. The number of rotatable bonds is 1. The van der Waals surface area contributed by atoms with Crippen LogP contribution in [0, 0.1) is 0 Å². The van der Waals surface area contributed by atoms with E-state index in [4.69, 9.17) is 4.42 Å². The third-order valence-electron chi connectivity index (χ3n) is 1.63. The number of aromatic amines is 1. The molecule has 0 radical (unpaired) electrons. The number of nitrogens with zero attached hydrogens (tertiary/aromatic N) is 1. The zero-order valence-electron chi connectivity index (χ0n) is 6.24. The van der Waals surface area contributed by atoms with Gasteiger partial charge in [-0.15, -0.1) is 0 Å². The minimum absolute atomic E-state index is 0.859. The molecule has 2 rings (SSSR count). The topological polar surface area (TPSA) is 32.8 Å². The molecule has 56 valence electrons. The fraction of sp³-hybridized carbons (Fsp3) is 0.125. The molecule has 2 heterocycles. The first kappa shape index (κ1) is 6.22. The van der Waals surface area contributed by atoms with Gasteiger partial charge in [0.25, 0.3) is 0 Å². The molecule has 0 aliphatic carbocycles. The zero-order valence-corrected chi connectivity index (χ0v) is 6.24. The van der Waals surface area contributed by atoms with Crippen molar-refractivity contribution < 1.29 is 8.98 Å². The van der Waals surface area contributed by atoms with Gasteiger partial charge in [0, 0.05) is 0 Å². The molecule has 2 aromatic heterocycles. The van der Waals surface area contributed by atoms with E-state index in [2.05, 4.69) is 4.98 Å². The Morgan fingerprint density at radius 1 is 1.55 bits per heavy atom. The van der Waals surface area contributed by atoms with Crippen LogP contribution >= 0.6 is 0 Å². The molecule has 11 heavy (non-hydrogen) atoms. The fourth-order valence-corrected chi connectivity index (χ4v) is 1.06. The Kier molecular flexibility index (Phi) is 1.28. The molecule has 0 spiro atoms. The SMILES string of the molecule is C[n+]1cc[nH]c1-c1ccco1. The van der Waals surface area contributed by atoms with Crippen LogP contribution in [-0.2, 0) is 7.05 Å². The summed E-state index contributed by atoms with van der Waals surface area (Å²) in [5.74, 6) is 1.84. The number of imidazole rings is 1. The van der Waals surface area contributed by atoms with Crippen LogP contribution in [0.3, 0.4) is 0 Å². The van der Waals surface area contributed by atoms with Crippen molar-refractivity contribution in [3.63, 3.8) is 0 Å². The van der Waals surface area contributed by atoms with Crippen LogP contribution in [0.15, 0.2) is 35.2 Å². The number of nitrogens with one attached hydrogen (secondary N) is 1. The second-order valence-electron chi connectivity index (χ2n) is 2.40. The highest BCUT2D eigenvalue weighted by atomic mass is 16.3. The van der Waals surface area contributed by atoms with Crippen molar-refractivity contribution in [3.05, 3.63) is 30.8 Å². The molecule has 0 aromatic carbocycles. The molecule has 0 aliphatic heterocycles. The quantitative estimate of drug-likeness (QED) is 0.605. The van der Waals surface area contributed by atoms with Crippen LogP contribution < -0.4 is 4.57 Å². The predicted octanol–water partition coefficient (Wildman–Crippen LogP) is 1.10. The Hall–Kier alpha value is -1.51. The van der Waals surface area contributed by atoms with Gasteiger partial charge in [0.05, 0.1) is 13.3 Å². The van der Waals surface area contributed by atoms with Crippen molar-refractivity contribution in [2.24, 2.45) is 7.05 Å². The minimum Gasteiger partial charge on any atom is -0.456 e. The van der Waals surface area contributed by atoms with E-state index in [1.165, 1.54) is 0 Å². The van der Waals surface area contributed by atoms with Gasteiger partial charge in [-0.25, -0.2) is 9.55 Å². The Morgan fingerprint density at radius 2 is 2.45 bits per heavy atom. The average Bonchev–Trinajstić information content (AvgIpc) is 2.55. The Balaban J connectivity index is 2.53. The first-order valence-electron chi connectivity index (χ1n) is 3.45. The number of furan rings is 1. The predicted molar refractivity (Wildman–Crippen MR) is 39.7 cm³/mol. The molecule has 1 N–H and O–H groups in total. The van der Waals surface area contributed by atoms with Gasteiger partial charge in [-0.05, 0) is 12.1 Å². The van der Waals surface area contributed by atoms with E-state index in [1.54, 1.807) is 6.26 Å². The minimum atomic E-state index is 0.859. The molecular formula is C8H9N2O+. The van der Waals surface area contributed by atoms with Gasteiger partial charge in [-0.2, -0.15) is 0 Å². The van der Waals surface area contributed by atoms with Gasteiger partial charge in [0.2, 0.25) is 5.76 Å². The van der Waals surface area contributed by atoms with E-state index < -0.39 is 0 Å². The third kappa shape index (κ3) is 0.941. The Morgan fingerprint density at radius 3 is 3.00 bits per heavy atom. The molecular weight excluding hydrogens is 140 g/mol. The van der Waals surface area contributed by atoms with Gasteiger partial charge in [-0.1, -0.05) is 0 Å². The van der Waals surface area contributed by atoms with E-state index in [-0.39, 0.29) is 0 Å². The summed E-state index contributed by atoms with van der Waals surface area (Å²) in [6.07, 6.45) is 5.48. The van der Waals surface area contributed by atoms with E-state index in [0.29, 0.717) is 0 Å². The van der Waals surface area contributed by atoms with E-state index in [9.17, 15) is 0 Å². The first-order valence-corrected chi connectivity index (χ1v) is 3.45. The van der Waals surface area contributed by atoms with Crippen molar-refractivity contribution in [2.45, 2.75) is 0 Å². The largest absolute Gasteiger partial charge is 0.456 e. The summed E-state index contributed by atoms with van der Waals surface area (Å²) in [7, 11) is 1.97. The molecule has 2 aromatic rings. The summed E-state index contributed by atoms with van der Waals surface area (Å²) in [5.41, 5.74) is 0. The lowest BCUT2D eigenvalue weighted by Gasteiger charge is -1.86. The molecule has 0 unspecified atom stereocenters. The standard InChI is InChI=1S/C8H8N2O/c1-10-5-4-9-8(10)7-3-2-6-11-7/h2-6H,1H3/p+1. The van der Waals surface area contributed by atoms with Crippen LogP contribution in [-0.4, -0.2) is 4.98 Å². The molecule has 0 bridgehead atoms. The van der Waals surface area contributed by atoms with Crippen LogP contribution in [0.4, 0.5) is 0 Å². The zero-order chi connectivity index (χ0) is 7.68. The van der Waals surface area contributed by atoms with Crippen LogP contribution in [0.2, 0.25) is 0 Å². The Labute approximate surface area is 64.3 Å². The van der Waals surface area contributed by atoms with Crippen LogP contribution in [0.1, 0.15) is 0 Å². The number of H-pyrrole nitrogens is 1. The maximum absolute atomic E-state index is 5.21. The van der Waals surface area contributed by atoms with Crippen molar-refractivity contribution in [2.75, 3.05) is 0 Å². The van der Waals surface area contributed by atoms with Gasteiger partial charge in [-0.3, -0.25) is 0 Å². The highest BCUT2D eigenvalue weighted by Gasteiger charge is 2.11. The first-order chi connectivity index (χ1) is 5.38. The lowest BCUT2D eigenvalue weighted by atomic mass is 10.4. The molecule has 0 amide bonds. The molecule has 0 saturated carbocycles. The van der Waals surface area contributed by atoms with E-state index >= 15 is 0 Å². The molecule has 0 aliphatic rings. The summed E-state index contributed by atoms with van der Waals surface area (Å²) >= 11 is 0. The molecule has 3 nitrogen and oxygen atoms in total. The number of aromatic nitrogens is 2. The summed E-state index contributed by atoms with van der Waals surface area (Å²) < 4.78 is 7.18. The molecule has 3 heteroatoms. The maximum atomic E-state index is 5.21. The molecule has 0 fully saturated rings. The van der Waals surface area contributed by atoms with E-state index in [1.807, 2.05) is 36.1 Å². The molecule has 0 atom stereocenters. The smallest absolute Gasteiger partial charge is 0.322 e. The van der Waals surface area contributed by atoms with Gasteiger partial charge < -0.3 is 4.42 Å². The summed E-state index contributed by atoms with van der Waals surface area (Å²) in [4.78, 5) is 3.08. The normalized spacial score (nSPS) is 10.3. The fourth-order valence-electron chi connectivity index (χ4n) is 1.06. The van der Waals surface area contributed by atoms with Gasteiger partial charge in [0.15, 0.2) is 0 Å². The van der Waals surface area contributed by atoms with Crippen molar-refractivity contribution in [3.8, 4) is 11.6 Å². The van der Waals surface area contributed by atoms with Crippen LogP contribution in [0.5, 0.6) is 0 Å². The van der Waals surface area contributed by atoms with Crippen molar-refractivity contribution in [1.82, 2.24) is 4.98 Å². The van der Waals surface area contributed by atoms with Crippen LogP contribution in [0.25, 0.3) is 11.6 Å². The number of hydrogen-bond donors (Lipinski definition) is 1.